The zero-order chi connectivity index (χ0) is 15.1. The molecule has 0 unspecified atom stereocenters. The highest BCUT2D eigenvalue weighted by Gasteiger charge is 2.18. The second-order valence-corrected chi connectivity index (χ2v) is 7.83. The largest absolute Gasteiger partial charge is 0.297 e. The van der Waals surface area contributed by atoms with E-state index in [1.165, 1.54) is 34.6 Å². The van der Waals surface area contributed by atoms with E-state index in [4.69, 9.17) is 0 Å². The molecule has 0 fully saturated rings. The number of anilines is 1. The summed E-state index contributed by atoms with van der Waals surface area (Å²) in [4.78, 5) is 19.2. The van der Waals surface area contributed by atoms with E-state index < -0.39 is 0 Å². The van der Waals surface area contributed by atoms with Gasteiger partial charge in [-0.05, 0) is 55.9 Å². The number of hydrogen-bond donors (Lipinski definition) is 1. The van der Waals surface area contributed by atoms with E-state index in [0.717, 1.165) is 33.5 Å². The first-order valence-electron chi connectivity index (χ1n) is 7.50. The minimum atomic E-state index is -0.0314. The molecule has 0 radical (unpaired) electrons. The molecule has 0 spiro atoms. The van der Waals surface area contributed by atoms with Gasteiger partial charge in [-0.2, -0.15) is 0 Å². The Bertz CT molecular complexity index is 839. The van der Waals surface area contributed by atoms with E-state index in [1.807, 2.05) is 25.1 Å². The van der Waals surface area contributed by atoms with Gasteiger partial charge in [0.15, 0.2) is 5.13 Å². The molecule has 5 heteroatoms. The Balaban J connectivity index is 1.60. The van der Waals surface area contributed by atoms with Gasteiger partial charge < -0.3 is 0 Å². The van der Waals surface area contributed by atoms with Crippen LogP contribution in [-0.2, 0) is 12.8 Å². The van der Waals surface area contributed by atoms with Crippen molar-refractivity contribution < 1.29 is 4.79 Å². The summed E-state index contributed by atoms with van der Waals surface area (Å²) in [6.45, 7) is 2.04. The second kappa shape index (κ2) is 5.48. The SMILES string of the molecule is Cc1cccc2sc(NC(=O)c3cc4c(s3)CCCC4)nc12. The third-order valence-electron chi connectivity index (χ3n) is 4.06. The van der Waals surface area contributed by atoms with Crippen LogP contribution < -0.4 is 5.32 Å². The van der Waals surface area contributed by atoms with E-state index >= 15 is 0 Å². The van der Waals surface area contributed by atoms with Crippen LogP contribution in [0.4, 0.5) is 5.13 Å². The highest BCUT2D eigenvalue weighted by atomic mass is 32.1. The van der Waals surface area contributed by atoms with Crippen molar-refractivity contribution in [2.75, 3.05) is 5.32 Å². The first-order valence-corrected chi connectivity index (χ1v) is 9.13. The van der Waals surface area contributed by atoms with Gasteiger partial charge in [-0.3, -0.25) is 10.1 Å². The summed E-state index contributed by atoms with van der Waals surface area (Å²) in [5, 5.41) is 3.64. The van der Waals surface area contributed by atoms with Gasteiger partial charge in [-0.1, -0.05) is 23.5 Å². The molecule has 1 N–H and O–H groups in total. The normalized spacial score (nSPS) is 14.0. The van der Waals surface area contributed by atoms with E-state index in [0.29, 0.717) is 5.13 Å². The van der Waals surface area contributed by atoms with Crippen molar-refractivity contribution in [3.63, 3.8) is 0 Å². The van der Waals surface area contributed by atoms with E-state index in [2.05, 4.69) is 16.4 Å². The van der Waals surface area contributed by atoms with Gasteiger partial charge in [0.1, 0.15) is 0 Å². The molecule has 0 aliphatic heterocycles. The van der Waals surface area contributed by atoms with Gasteiger partial charge in [-0.15, -0.1) is 11.3 Å². The summed E-state index contributed by atoms with van der Waals surface area (Å²) >= 11 is 3.17. The van der Waals surface area contributed by atoms with Crippen LogP contribution in [-0.4, -0.2) is 10.9 Å². The Hall–Kier alpha value is -1.72. The zero-order valence-corrected chi connectivity index (χ0v) is 13.9. The van der Waals surface area contributed by atoms with Crippen molar-refractivity contribution in [1.82, 2.24) is 4.98 Å². The molecule has 2 aromatic heterocycles. The third-order valence-corrected chi connectivity index (χ3v) is 6.23. The average molecular weight is 328 g/mol. The number of thiazole rings is 1. The molecular formula is C17H16N2OS2. The van der Waals surface area contributed by atoms with Crippen molar-refractivity contribution in [2.45, 2.75) is 32.6 Å². The zero-order valence-electron chi connectivity index (χ0n) is 12.3. The molecule has 112 valence electrons. The molecule has 2 heterocycles. The van der Waals surface area contributed by atoms with Crippen LogP contribution in [0.3, 0.4) is 0 Å². The number of amides is 1. The minimum Gasteiger partial charge on any atom is -0.297 e. The van der Waals surface area contributed by atoms with Crippen molar-refractivity contribution in [3.8, 4) is 0 Å². The average Bonchev–Trinajstić information content (AvgIpc) is 3.11. The van der Waals surface area contributed by atoms with Crippen LogP contribution in [0.25, 0.3) is 10.2 Å². The maximum Gasteiger partial charge on any atom is 0.267 e. The number of aromatic nitrogens is 1. The Morgan fingerprint density at radius 3 is 2.91 bits per heavy atom. The van der Waals surface area contributed by atoms with Crippen LogP contribution in [0.2, 0.25) is 0 Å². The molecule has 1 amide bonds. The van der Waals surface area contributed by atoms with Crippen LogP contribution >= 0.6 is 22.7 Å². The molecule has 0 saturated carbocycles. The molecule has 3 aromatic rings. The molecule has 0 saturated heterocycles. The molecule has 1 aliphatic carbocycles. The van der Waals surface area contributed by atoms with Gasteiger partial charge in [0.05, 0.1) is 15.1 Å². The molecule has 0 bridgehead atoms. The fourth-order valence-corrected chi connectivity index (χ4v) is 4.99. The number of carbonyl (C=O) groups excluding carboxylic acids is 1. The highest BCUT2D eigenvalue weighted by molar-refractivity contribution is 7.22. The number of benzene rings is 1. The van der Waals surface area contributed by atoms with Crippen molar-refractivity contribution in [2.24, 2.45) is 0 Å². The number of rotatable bonds is 2. The van der Waals surface area contributed by atoms with Gasteiger partial charge in [0.2, 0.25) is 0 Å². The topological polar surface area (TPSA) is 42.0 Å². The third kappa shape index (κ3) is 2.44. The maximum absolute atomic E-state index is 12.5. The van der Waals surface area contributed by atoms with Crippen LogP contribution in [0.15, 0.2) is 24.3 Å². The lowest BCUT2D eigenvalue weighted by atomic mass is 9.99. The lowest BCUT2D eigenvalue weighted by molar-refractivity contribution is 0.103. The predicted molar refractivity (Wildman–Crippen MR) is 93.3 cm³/mol. The number of nitrogens with one attached hydrogen (secondary N) is 1. The lowest BCUT2D eigenvalue weighted by Gasteiger charge is -2.08. The lowest BCUT2D eigenvalue weighted by Crippen LogP contribution is -2.09. The van der Waals surface area contributed by atoms with Crippen LogP contribution in [0.1, 0.15) is 38.5 Å². The van der Waals surface area contributed by atoms with Gasteiger partial charge in [-0.25, -0.2) is 4.98 Å². The number of nitrogens with zero attached hydrogens (tertiary/aromatic N) is 1. The number of aryl methyl sites for hydroxylation is 3. The van der Waals surface area contributed by atoms with E-state index in [-0.39, 0.29) is 5.91 Å². The second-order valence-electron chi connectivity index (χ2n) is 5.66. The summed E-state index contributed by atoms with van der Waals surface area (Å²) < 4.78 is 1.11. The van der Waals surface area contributed by atoms with Crippen molar-refractivity contribution in [3.05, 3.63) is 45.1 Å². The number of hydrogen-bond acceptors (Lipinski definition) is 4. The smallest absolute Gasteiger partial charge is 0.267 e. The molecule has 0 atom stereocenters. The van der Waals surface area contributed by atoms with E-state index in [9.17, 15) is 4.79 Å². The maximum atomic E-state index is 12.5. The van der Waals surface area contributed by atoms with Gasteiger partial charge in [0, 0.05) is 4.88 Å². The molecule has 4 rings (SSSR count). The highest BCUT2D eigenvalue weighted by Crippen LogP contribution is 2.31. The summed E-state index contributed by atoms with van der Waals surface area (Å²) in [5.74, 6) is -0.0314. The molecule has 22 heavy (non-hydrogen) atoms. The number of carbonyl (C=O) groups is 1. The Labute approximate surface area is 137 Å². The van der Waals surface area contributed by atoms with E-state index in [1.54, 1.807) is 11.3 Å². The Morgan fingerprint density at radius 2 is 2.09 bits per heavy atom. The quantitative estimate of drug-likeness (QED) is 0.734. The Kier molecular flexibility index (Phi) is 3.47. The summed E-state index contributed by atoms with van der Waals surface area (Å²) in [6.07, 6.45) is 4.71. The summed E-state index contributed by atoms with van der Waals surface area (Å²) in [6, 6.07) is 8.17. The Morgan fingerprint density at radius 1 is 1.23 bits per heavy atom. The minimum absolute atomic E-state index is 0.0314. The van der Waals surface area contributed by atoms with Gasteiger partial charge in [0.25, 0.3) is 5.91 Å². The first kappa shape index (κ1) is 13.9. The van der Waals surface area contributed by atoms with Crippen molar-refractivity contribution in [1.29, 1.82) is 0 Å². The monoisotopic (exact) mass is 328 g/mol. The first-order chi connectivity index (χ1) is 10.7. The fourth-order valence-electron chi connectivity index (χ4n) is 2.90. The van der Waals surface area contributed by atoms with Gasteiger partial charge >= 0.3 is 0 Å². The standard InChI is InChI=1S/C17H16N2OS2/c1-10-5-4-8-13-15(10)18-17(22-13)19-16(20)14-9-11-6-2-3-7-12(11)21-14/h4-5,8-9H,2-3,6-7H2,1H3,(H,18,19,20). The predicted octanol–water partition coefficient (Wildman–Crippen LogP) is 4.80. The number of thiophene rings is 1. The molecule has 1 aromatic carbocycles. The summed E-state index contributed by atoms with van der Waals surface area (Å²) in [5.41, 5.74) is 3.48. The van der Waals surface area contributed by atoms with Crippen LogP contribution in [0.5, 0.6) is 0 Å². The summed E-state index contributed by atoms with van der Waals surface area (Å²) in [7, 11) is 0. The number of fused-ring (bicyclic) bond motifs is 2. The fraction of sp³-hybridized carbons (Fsp3) is 0.294. The molecule has 1 aliphatic rings. The van der Waals surface area contributed by atoms with Crippen LogP contribution in [0, 0.1) is 6.92 Å². The van der Waals surface area contributed by atoms with Crippen molar-refractivity contribution >= 4 is 43.9 Å². The molecule has 3 nitrogen and oxygen atoms in total. The number of para-hydroxylation sites is 1. The molecular weight excluding hydrogens is 312 g/mol.